The van der Waals surface area contributed by atoms with E-state index in [-0.39, 0.29) is 0 Å². The van der Waals surface area contributed by atoms with Gasteiger partial charge >= 0.3 is 0 Å². The lowest BCUT2D eigenvalue weighted by Crippen LogP contribution is -2.13. The van der Waals surface area contributed by atoms with Crippen LogP contribution in [0.5, 0.6) is 0 Å². The Labute approximate surface area is 82.0 Å². The minimum atomic E-state index is 0.293. The molecular formula is C13H20. The fourth-order valence-corrected chi connectivity index (χ4v) is 2.21. The van der Waals surface area contributed by atoms with Crippen molar-refractivity contribution in [1.82, 2.24) is 0 Å². The molecule has 0 heterocycles. The molecule has 0 saturated carbocycles. The van der Waals surface area contributed by atoms with E-state index >= 15 is 0 Å². The lowest BCUT2D eigenvalue weighted by atomic mass is 9.79. The third-order valence-corrected chi connectivity index (χ3v) is 3.02. The molecule has 1 aliphatic carbocycles. The summed E-state index contributed by atoms with van der Waals surface area (Å²) in [5.74, 6) is 0. The molecule has 0 aromatic carbocycles. The first kappa shape index (κ1) is 10.3. The Hall–Kier alpha value is -0.780. The quantitative estimate of drug-likeness (QED) is 0.590. The second-order valence-electron chi connectivity index (χ2n) is 4.44. The van der Waals surface area contributed by atoms with Crippen molar-refractivity contribution < 1.29 is 0 Å². The summed E-state index contributed by atoms with van der Waals surface area (Å²) in [6.07, 6.45) is 9.08. The van der Waals surface area contributed by atoms with E-state index in [0.29, 0.717) is 5.41 Å². The van der Waals surface area contributed by atoms with Crippen molar-refractivity contribution in [1.29, 1.82) is 0 Å². The Bertz CT molecular complexity index is 241. The monoisotopic (exact) mass is 176 g/mol. The van der Waals surface area contributed by atoms with E-state index in [4.69, 9.17) is 0 Å². The first-order valence-electron chi connectivity index (χ1n) is 5.10. The largest absolute Gasteiger partial charge is 0.0988 e. The second kappa shape index (κ2) is 3.95. The van der Waals surface area contributed by atoms with Gasteiger partial charge in [-0.1, -0.05) is 45.6 Å². The number of allylic oxidation sites excluding steroid dienone is 4. The van der Waals surface area contributed by atoms with E-state index < -0.39 is 0 Å². The SMILES string of the molecule is C=CC1=C(C=C)C(C)(C)CCCC1. The van der Waals surface area contributed by atoms with Crippen molar-refractivity contribution in [2.24, 2.45) is 5.41 Å². The van der Waals surface area contributed by atoms with Crippen LogP contribution in [0.4, 0.5) is 0 Å². The Morgan fingerprint density at radius 2 is 1.85 bits per heavy atom. The second-order valence-corrected chi connectivity index (χ2v) is 4.44. The Kier molecular flexibility index (Phi) is 3.13. The maximum absolute atomic E-state index is 3.91. The van der Waals surface area contributed by atoms with Gasteiger partial charge in [-0.25, -0.2) is 0 Å². The van der Waals surface area contributed by atoms with Crippen LogP contribution in [0.3, 0.4) is 0 Å². The summed E-state index contributed by atoms with van der Waals surface area (Å²) in [5, 5.41) is 0. The molecule has 0 nitrogen and oxygen atoms in total. The Balaban J connectivity index is 3.11. The predicted octanol–water partition coefficient (Wildman–Crippen LogP) is 4.26. The average Bonchev–Trinajstić information content (AvgIpc) is 2.22. The number of rotatable bonds is 2. The van der Waals surface area contributed by atoms with E-state index in [0.717, 1.165) is 0 Å². The number of hydrogen-bond acceptors (Lipinski definition) is 0. The molecule has 0 bridgehead atoms. The molecule has 72 valence electrons. The summed E-state index contributed by atoms with van der Waals surface area (Å²) in [5.41, 5.74) is 3.10. The standard InChI is InChI=1S/C13H20/c1-5-11-9-7-8-10-13(3,4)12(11)6-2/h5-6H,1-2,7-10H2,3-4H3. The summed E-state index contributed by atoms with van der Waals surface area (Å²) in [7, 11) is 0. The highest BCUT2D eigenvalue weighted by Crippen LogP contribution is 2.39. The zero-order valence-electron chi connectivity index (χ0n) is 8.90. The summed E-state index contributed by atoms with van der Waals surface area (Å²) in [6.45, 7) is 12.4. The van der Waals surface area contributed by atoms with Crippen LogP contribution in [0.2, 0.25) is 0 Å². The highest BCUT2D eigenvalue weighted by molar-refractivity contribution is 5.36. The molecule has 0 heteroatoms. The Morgan fingerprint density at radius 3 is 2.38 bits per heavy atom. The van der Waals surface area contributed by atoms with Crippen molar-refractivity contribution in [3.8, 4) is 0 Å². The van der Waals surface area contributed by atoms with Crippen LogP contribution < -0.4 is 0 Å². The molecule has 0 saturated heterocycles. The molecule has 0 N–H and O–H groups in total. The normalized spacial score (nSPS) is 22.3. The van der Waals surface area contributed by atoms with Gasteiger partial charge in [0.25, 0.3) is 0 Å². The molecule has 0 fully saturated rings. The summed E-state index contributed by atoms with van der Waals surface area (Å²) >= 11 is 0. The van der Waals surface area contributed by atoms with Crippen LogP contribution in [0.1, 0.15) is 39.5 Å². The van der Waals surface area contributed by atoms with E-state index in [2.05, 4.69) is 27.0 Å². The van der Waals surface area contributed by atoms with Gasteiger partial charge in [0.1, 0.15) is 0 Å². The lowest BCUT2D eigenvalue weighted by molar-refractivity contribution is 0.408. The minimum Gasteiger partial charge on any atom is -0.0988 e. The molecular weight excluding hydrogens is 156 g/mol. The number of hydrogen-bond donors (Lipinski definition) is 0. The average molecular weight is 176 g/mol. The first-order valence-corrected chi connectivity index (χ1v) is 5.10. The fraction of sp³-hybridized carbons (Fsp3) is 0.538. The lowest BCUT2D eigenvalue weighted by Gasteiger charge is -2.26. The minimum absolute atomic E-state index is 0.293. The smallest absolute Gasteiger partial charge is 0.0101 e. The van der Waals surface area contributed by atoms with Crippen molar-refractivity contribution in [2.45, 2.75) is 39.5 Å². The van der Waals surface area contributed by atoms with Crippen LogP contribution in [0, 0.1) is 5.41 Å². The molecule has 0 aliphatic heterocycles. The summed E-state index contributed by atoms with van der Waals surface area (Å²) in [6, 6.07) is 0. The fourth-order valence-electron chi connectivity index (χ4n) is 2.21. The van der Waals surface area contributed by atoms with Crippen molar-refractivity contribution in [3.63, 3.8) is 0 Å². The first-order chi connectivity index (χ1) is 6.11. The zero-order chi connectivity index (χ0) is 9.90. The zero-order valence-corrected chi connectivity index (χ0v) is 8.90. The van der Waals surface area contributed by atoms with Crippen LogP contribution >= 0.6 is 0 Å². The summed E-state index contributed by atoms with van der Waals surface area (Å²) in [4.78, 5) is 0. The van der Waals surface area contributed by atoms with Crippen LogP contribution in [-0.4, -0.2) is 0 Å². The molecule has 1 rings (SSSR count). The molecule has 1 aliphatic rings. The third kappa shape index (κ3) is 2.12. The van der Waals surface area contributed by atoms with E-state index in [1.165, 1.54) is 36.8 Å². The molecule has 13 heavy (non-hydrogen) atoms. The Morgan fingerprint density at radius 1 is 1.15 bits per heavy atom. The van der Waals surface area contributed by atoms with Crippen LogP contribution in [-0.2, 0) is 0 Å². The van der Waals surface area contributed by atoms with Gasteiger partial charge in [0.2, 0.25) is 0 Å². The van der Waals surface area contributed by atoms with Gasteiger partial charge in [-0.15, -0.1) is 0 Å². The van der Waals surface area contributed by atoms with Gasteiger partial charge in [-0.05, 0) is 35.8 Å². The maximum atomic E-state index is 3.91. The van der Waals surface area contributed by atoms with E-state index in [1.54, 1.807) is 0 Å². The van der Waals surface area contributed by atoms with Gasteiger partial charge < -0.3 is 0 Å². The third-order valence-electron chi connectivity index (χ3n) is 3.02. The molecule has 0 aromatic rings. The molecule has 0 unspecified atom stereocenters. The van der Waals surface area contributed by atoms with E-state index in [1.807, 2.05) is 12.2 Å². The van der Waals surface area contributed by atoms with Crippen molar-refractivity contribution >= 4 is 0 Å². The molecule has 0 aromatic heterocycles. The molecule has 0 atom stereocenters. The molecule has 0 spiro atoms. The predicted molar refractivity (Wildman–Crippen MR) is 59.7 cm³/mol. The maximum Gasteiger partial charge on any atom is -0.0101 e. The highest BCUT2D eigenvalue weighted by atomic mass is 14.3. The molecule has 0 amide bonds. The summed E-state index contributed by atoms with van der Waals surface area (Å²) < 4.78 is 0. The van der Waals surface area contributed by atoms with Gasteiger partial charge in [-0.2, -0.15) is 0 Å². The topological polar surface area (TPSA) is 0 Å². The van der Waals surface area contributed by atoms with Gasteiger partial charge in [0.15, 0.2) is 0 Å². The van der Waals surface area contributed by atoms with Gasteiger partial charge in [0, 0.05) is 0 Å². The van der Waals surface area contributed by atoms with Crippen molar-refractivity contribution in [2.75, 3.05) is 0 Å². The van der Waals surface area contributed by atoms with E-state index in [9.17, 15) is 0 Å². The van der Waals surface area contributed by atoms with Gasteiger partial charge in [-0.3, -0.25) is 0 Å². The van der Waals surface area contributed by atoms with Crippen LogP contribution in [0.15, 0.2) is 36.5 Å². The highest BCUT2D eigenvalue weighted by Gasteiger charge is 2.25. The molecule has 0 radical (unpaired) electrons. The van der Waals surface area contributed by atoms with Crippen molar-refractivity contribution in [3.05, 3.63) is 36.5 Å². The van der Waals surface area contributed by atoms with Crippen LogP contribution in [0.25, 0.3) is 0 Å². The van der Waals surface area contributed by atoms with Gasteiger partial charge in [0.05, 0.1) is 0 Å².